The second kappa shape index (κ2) is 1.96. The van der Waals surface area contributed by atoms with E-state index in [-0.39, 0.29) is 0 Å². The third-order valence-electron chi connectivity index (χ3n) is 0.870. The van der Waals surface area contributed by atoms with Crippen molar-refractivity contribution in [3.05, 3.63) is 17.8 Å². The Labute approximate surface area is 47.5 Å². The van der Waals surface area contributed by atoms with E-state index in [9.17, 15) is 0 Å². The lowest BCUT2D eigenvalue weighted by molar-refractivity contribution is 0.477. The molecule has 1 aromatic rings. The predicted octanol–water partition coefficient (Wildman–Crippen LogP) is 0.442. The number of rotatable bonds is 1. The highest BCUT2D eigenvalue weighted by atomic mass is 16.4. The molecule has 1 heterocycles. The van der Waals surface area contributed by atoms with E-state index in [2.05, 4.69) is 4.98 Å². The van der Waals surface area contributed by atoms with E-state index in [0.29, 0.717) is 12.4 Å². The monoisotopic (exact) mass is 112 g/mol. The molecular weight excluding hydrogens is 104 g/mol. The van der Waals surface area contributed by atoms with E-state index in [4.69, 9.17) is 10.2 Å². The molecule has 1 aromatic heterocycles. The maximum atomic E-state index is 5.23. The Morgan fingerprint density at radius 3 is 2.88 bits per heavy atom. The van der Waals surface area contributed by atoms with Gasteiger partial charge in [0.25, 0.3) is 0 Å². The van der Waals surface area contributed by atoms with E-state index in [0.717, 1.165) is 5.76 Å². The van der Waals surface area contributed by atoms with Crippen molar-refractivity contribution in [3.63, 3.8) is 0 Å². The van der Waals surface area contributed by atoms with Crippen LogP contribution in [0.1, 0.15) is 11.7 Å². The SMILES string of the molecule is Cc1ncc(CN)o1. The molecule has 0 fully saturated rings. The normalized spacial score (nSPS) is 9.75. The number of aromatic nitrogens is 1. The van der Waals surface area contributed by atoms with Crippen LogP contribution in [0.3, 0.4) is 0 Å². The van der Waals surface area contributed by atoms with E-state index in [1.54, 1.807) is 13.1 Å². The van der Waals surface area contributed by atoms with Crippen molar-refractivity contribution in [2.75, 3.05) is 0 Å². The number of nitrogens with zero attached hydrogens (tertiary/aromatic N) is 1. The summed E-state index contributed by atoms with van der Waals surface area (Å²) in [5.74, 6) is 1.41. The molecule has 0 aromatic carbocycles. The molecule has 0 bridgehead atoms. The predicted molar refractivity (Wildman–Crippen MR) is 29.1 cm³/mol. The molecule has 44 valence electrons. The first-order valence-electron chi connectivity index (χ1n) is 2.44. The van der Waals surface area contributed by atoms with E-state index in [1.807, 2.05) is 0 Å². The van der Waals surface area contributed by atoms with Gasteiger partial charge in [0.1, 0.15) is 5.76 Å². The summed E-state index contributed by atoms with van der Waals surface area (Å²) in [6.45, 7) is 2.22. The van der Waals surface area contributed by atoms with Crippen molar-refractivity contribution in [1.29, 1.82) is 0 Å². The van der Waals surface area contributed by atoms with E-state index >= 15 is 0 Å². The summed E-state index contributed by atoms with van der Waals surface area (Å²) >= 11 is 0. The zero-order valence-corrected chi connectivity index (χ0v) is 4.72. The first kappa shape index (κ1) is 5.31. The molecule has 8 heavy (non-hydrogen) atoms. The average molecular weight is 112 g/mol. The van der Waals surface area contributed by atoms with Crippen molar-refractivity contribution in [3.8, 4) is 0 Å². The van der Waals surface area contributed by atoms with Crippen LogP contribution in [-0.2, 0) is 6.54 Å². The van der Waals surface area contributed by atoms with Crippen LogP contribution in [0, 0.1) is 6.92 Å². The van der Waals surface area contributed by atoms with Gasteiger partial charge in [-0.05, 0) is 0 Å². The lowest BCUT2D eigenvalue weighted by atomic mass is 10.5. The lowest BCUT2D eigenvalue weighted by Gasteiger charge is -1.81. The highest BCUT2D eigenvalue weighted by Gasteiger charge is 1.92. The number of hydrogen-bond donors (Lipinski definition) is 1. The molecule has 0 aliphatic carbocycles. The van der Waals surface area contributed by atoms with Crippen LogP contribution in [0.4, 0.5) is 0 Å². The zero-order valence-electron chi connectivity index (χ0n) is 4.72. The maximum Gasteiger partial charge on any atom is 0.191 e. The van der Waals surface area contributed by atoms with Gasteiger partial charge in [-0.3, -0.25) is 0 Å². The van der Waals surface area contributed by atoms with Gasteiger partial charge in [-0.2, -0.15) is 0 Å². The van der Waals surface area contributed by atoms with Crippen LogP contribution < -0.4 is 5.73 Å². The van der Waals surface area contributed by atoms with Crippen LogP contribution in [0.15, 0.2) is 10.6 Å². The topological polar surface area (TPSA) is 52.0 Å². The fraction of sp³-hybridized carbons (Fsp3) is 0.400. The summed E-state index contributed by atoms with van der Waals surface area (Å²) in [6.07, 6.45) is 1.63. The molecular formula is C5H8N2O. The van der Waals surface area contributed by atoms with Gasteiger partial charge >= 0.3 is 0 Å². The molecule has 3 heteroatoms. The summed E-state index contributed by atoms with van der Waals surface area (Å²) in [5.41, 5.74) is 5.23. The summed E-state index contributed by atoms with van der Waals surface area (Å²) in [7, 11) is 0. The first-order chi connectivity index (χ1) is 3.83. The number of nitrogens with two attached hydrogens (primary N) is 1. The molecule has 0 saturated heterocycles. The fourth-order valence-corrected chi connectivity index (χ4v) is 0.500. The smallest absolute Gasteiger partial charge is 0.191 e. The van der Waals surface area contributed by atoms with E-state index in [1.165, 1.54) is 0 Å². The number of hydrogen-bond acceptors (Lipinski definition) is 3. The molecule has 0 aliphatic rings. The van der Waals surface area contributed by atoms with Gasteiger partial charge in [0.05, 0.1) is 12.7 Å². The number of aryl methyl sites for hydroxylation is 1. The van der Waals surface area contributed by atoms with Crippen LogP contribution in [0.2, 0.25) is 0 Å². The summed E-state index contributed by atoms with van der Waals surface area (Å²) in [6, 6.07) is 0. The molecule has 3 nitrogen and oxygen atoms in total. The second-order valence-corrected chi connectivity index (χ2v) is 1.55. The third-order valence-corrected chi connectivity index (χ3v) is 0.870. The summed E-state index contributed by atoms with van der Waals surface area (Å²) < 4.78 is 5.00. The number of oxazole rings is 1. The molecule has 0 unspecified atom stereocenters. The zero-order chi connectivity index (χ0) is 5.98. The Kier molecular flexibility index (Phi) is 1.30. The van der Waals surface area contributed by atoms with Gasteiger partial charge in [-0.15, -0.1) is 0 Å². The Morgan fingerprint density at radius 2 is 2.62 bits per heavy atom. The Morgan fingerprint density at radius 1 is 1.88 bits per heavy atom. The van der Waals surface area contributed by atoms with Gasteiger partial charge in [0, 0.05) is 6.92 Å². The van der Waals surface area contributed by atoms with Crippen LogP contribution in [-0.4, -0.2) is 4.98 Å². The quantitative estimate of drug-likeness (QED) is 0.573. The average Bonchev–Trinajstić information content (AvgIpc) is 2.14. The fourth-order valence-electron chi connectivity index (χ4n) is 0.500. The highest BCUT2D eigenvalue weighted by molar-refractivity contribution is 4.90. The van der Waals surface area contributed by atoms with Gasteiger partial charge in [0.2, 0.25) is 0 Å². The first-order valence-corrected chi connectivity index (χ1v) is 2.44. The van der Waals surface area contributed by atoms with Crippen molar-refractivity contribution in [2.24, 2.45) is 5.73 Å². The largest absolute Gasteiger partial charge is 0.445 e. The lowest BCUT2D eigenvalue weighted by Crippen LogP contribution is -1.92. The summed E-state index contributed by atoms with van der Waals surface area (Å²) in [4.78, 5) is 3.84. The third kappa shape index (κ3) is 0.869. The standard InChI is InChI=1S/C5H8N2O/c1-4-7-3-5(2-6)8-4/h3H,2,6H2,1H3. The minimum absolute atomic E-state index is 0.431. The molecule has 2 N–H and O–H groups in total. The molecule has 0 spiro atoms. The molecule has 0 saturated carbocycles. The second-order valence-electron chi connectivity index (χ2n) is 1.55. The van der Waals surface area contributed by atoms with Crippen molar-refractivity contribution in [1.82, 2.24) is 4.98 Å². The van der Waals surface area contributed by atoms with E-state index < -0.39 is 0 Å². The maximum absolute atomic E-state index is 5.23. The molecule has 1 rings (SSSR count). The van der Waals surface area contributed by atoms with Crippen molar-refractivity contribution < 1.29 is 4.42 Å². The molecule has 0 radical (unpaired) electrons. The van der Waals surface area contributed by atoms with Gasteiger partial charge in [-0.1, -0.05) is 0 Å². The van der Waals surface area contributed by atoms with Gasteiger partial charge in [-0.25, -0.2) is 4.98 Å². The Hall–Kier alpha value is -0.830. The molecule has 0 amide bonds. The Bertz CT molecular complexity index is 171. The van der Waals surface area contributed by atoms with Gasteiger partial charge in [0.15, 0.2) is 5.89 Å². The minimum Gasteiger partial charge on any atom is -0.445 e. The molecule has 0 aliphatic heterocycles. The van der Waals surface area contributed by atoms with Crippen LogP contribution in [0.25, 0.3) is 0 Å². The molecule has 0 atom stereocenters. The summed E-state index contributed by atoms with van der Waals surface area (Å²) in [5, 5.41) is 0. The highest BCUT2D eigenvalue weighted by Crippen LogP contribution is 1.98. The van der Waals surface area contributed by atoms with Gasteiger partial charge < -0.3 is 10.2 Å². The van der Waals surface area contributed by atoms with Crippen molar-refractivity contribution in [2.45, 2.75) is 13.5 Å². The van der Waals surface area contributed by atoms with Crippen LogP contribution in [0.5, 0.6) is 0 Å². The Balaban J connectivity index is 2.84. The minimum atomic E-state index is 0.431. The van der Waals surface area contributed by atoms with Crippen LogP contribution >= 0.6 is 0 Å². The van der Waals surface area contributed by atoms with Crippen molar-refractivity contribution >= 4 is 0 Å².